The van der Waals surface area contributed by atoms with Crippen LogP contribution in [0.15, 0.2) is 54.6 Å². The van der Waals surface area contributed by atoms with Crippen molar-refractivity contribution in [3.8, 4) is 5.75 Å². The lowest BCUT2D eigenvalue weighted by Gasteiger charge is -2.16. The molecule has 2 atom stereocenters. The van der Waals surface area contributed by atoms with Crippen LogP contribution in [0.5, 0.6) is 5.75 Å². The van der Waals surface area contributed by atoms with E-state index in [0.29, 0.717) is 12.2 Å². The van der Waals surface area contributed by atoms with Crippen LogP contribution in [0.3, 0.4) is 0 Å². The van der Waals surface area contributed by atoms with E-state index in [0.717, 1.165) is 11.4 Å². The van der Waals surface area contributed by atoms with Crippen LogP contribution in [-0.4, -0.2) is 25.5 Å². The third-order valence-corrected chi connectivity index (χ3v) is 4.59. The van der Waals surface area contributed by atoms with Gasteiger partial charge in [0.1, 0.15) is 5.75 Å². The summed E-state index contributed by atoms with van der Waals surface area (Å²) in [5, 5.41) is 2.85. The van der Waals surface area contributed by atoms with Crippen LogP contribution in [-0.2, 0) is 9.59 Å². The number of amides is 2. The van der Waals surface area contributed by atoms with Crippen molar-refractivity contribution in [2.75, 3.05) is 23.9 Å². The minimum absolute atomic E-state index is 0.0172. The van der Waals surface area contributed by atoms with Crippen molar-refractivity contribution in [1.29, 1.82) is 0 Å². The normalized spacial score (nSPS) is 19.8. The second-order valence-corrected chi connectivity index (χ2v) is 6.35. The van der Waals surface area contributed by atoms with Crippen molar-refractivity contribution in [2.24, 2.45) is 11.8 Å². The van der Waals surface area contributed by atoms with E-state index in [4.69, 9.17) is 4.74 Å². The molecule has 1 N–H and O–H groups in total. The molecule has 2 aromatic rings. The fraction of sp³-hybridized carbons (Fsp3) is 0.300. The van der Waals surface area contributed by atoms with Crippen LogP contribution < -0.4 is 15.0 Å². The number of ether oxygens (including phenoxy) is 1. The van der Waals surface area contributed by atoms with Gasteiger partial charge in [0.2, 0.25) is 11.8 Å². The Bertz CT molecular complexity index is 743. The van der Waals surface area contributed by atoms with Crippen molar-refractivity contribution in [3.63, 3.8) is 0 Å². The molecule has 5 nitrogen and oxygen atoms in total. The molecule has 0 aromatic heterocycles. The van der Waals surface area contributed by atoms with Gasteiger partial charge in [-0.1, -0.05) is 25.1 Å². The minimum Gasteiger partial charge on any atom is -0.497 e. The average molecular weight is 338 g/mol. The van der Waals surface area contributed by atoms with Gasteiger partial charge in [0.25, 0.3) is 0 Å². The number of anilines is 2. The van der Waals surface area contributed by atoms with Crippen LogP contribution >= 0.6 is 0 Å². The summed E-state index contributed by atoms with van der Waals surface area (Å²) in [7, 11) is 1.60. The highest BCUT2D eigenvalue weighted by Crippen LogP contribution is 2.31. The number of benzene rings is 2. The summed E-state index contributed by atoms with van der Waals surface area (Å²) in [5.41, 5.74) is 1.58. The topological polar surface area (TPSA) is 58.6 Å². The SMILES string of the molecule is COc1ccc(NC(=O)C[C@H]2C(=O)N(c3ccccc3)C[C@@H]2C)cc1. The Kier molecular flexibility index (Phi) is 5.03. The van der Waals surface area contributed by atoms with Crippen molar-refractivity contribution in [1.82, 2.24) is 0 Å². The van der Waals surface area contributed by atoms with E-state index in [1.807, 2.05) is 37.3 Å². The zero-order valence-corrected chi connectivity index (χ0v) is 14.4. The Morgan fingerprint density at radius 2 is 1.84 bits per heavy atom. The predicted octanol–water partition coefficient (Wildman–Crippen LogP) is 3.32. The predicted molar refractivity (Wildman–Crippen MR) is 97.7 cm³/mol. The first-order valence-corrected chi connectivity index (χ1v) is 8.39. The van der Waals surface area contributed by atoms with Gasteiger partial charge in [-0.15, -0.1) is 0 Å². The average Bonchev–Trinajstić information content (AvgIpc) is 2.91. The van der Waals surface area contributed by atoms with Gasteiger partial charge in [0.15, 0.2) is 0 Å². The maximum atomic E-state index is 12.7. The van der Waals surface area contributed by atoms with Gasteiger partial charge in [-0.25, -0.2) is 0 Å². The molecule has 0 saturated carbocycles. The van der Waals surface area contributed by atoms with E-state index in [9.17, 15) is 9.59 Å². The van der Waals surface area contributed by atoms with Crippen LogP contribution in [0.1, 0.15) is 13.3 Å². The molecule has 130 valence electrons. The summed E-state index contributed by atoms with van der Waals surface area (Å²) >= 11 is 0. The summed E-state index contributed by atoms with van der Waals surface area (Å²) in [4.78, 5) is 26.8. The highest BCUT2D eigenvalue weighted by atomic mass is 16.5. The van der Waals surface area contributed by atoms with E-state index in [1.54, 1.807) is 36.3 Å². The number of methoxy groups -OCH3 is 1. The van der Waals surface area contributed by atoms with Crippen LogP contribution in [0, 0.1) is 11.8 Å². The summed E-state index contributed by atoms with van der Waals surface area (Å²) in [6.45, 7) is 2.66. The van der Waals surface area contributed by atoms with Crippen molar-refractivity contribution < 1.29 is 14.3 Å². The number of hydrogen-bond acceptors (Lipinski definition) is 3. The first-order chi connectivity index (χ1) is 12.1. The molecule has 1 aliphatic heterocycles. The Balaban J connectivity index is 1.63. The zero-order chi connectivity index (χ0) is 17.8. The molecule has 0 bridgehead atoms. The molecule has 3 rings (SSSR count). The summed E-state index contributed by atoms with van der Waals surface area (Å²) in [6, 6.07) is 16.7. The third-order valence-electron chi connectivity index (χ3n) is 4.59. The van der Waals surface area contributed by atoms with Crippen molar-refractivity contribution in [2.45, 2.75) is 13.3 Å². The van der Waals surface area contributed by atoms with Gasteiger partial charge in [0.05, 0.1) is 13.0 Å². The smallest absolute Gasteiger partial charge is 0.230 e. The van der Waals surface area contributed by atoms with E-state index < -0.39 is 0 Å². The Morgan fingerprint density at radius 1 is 1.16 bits per heavy atom. The Morgan fingerprint density at radius 3 is 2.48 bits per heavy atom. The molecular formula is C20H22N2O3. The molecule has 1 aliphatic rings. The monoisotopic (exact) mass is 338 g/mol. The third kappa shape index (κ3) is 3.82. The second kappa shape index (κ2) is 7.38. The first-order valence-electron chi connectivity index (χ1n) is 8.39. The molecule has 25 heavy (non-hydrogen) atoms. The molecule has 0 spiro atoms. The molecule has 0 radical (unpaired) electrons. The molecule has 1 saturated heterocycles. The molecule has 2 amide bonds. The van der Waals surface area contributed by atoms with Gasteiger partial charge in [0, 0.05) is 24.3 Å². The Labute approximate surface area is 147 Å². The molecule has 2 aromatic carbocycles. The van der Waals surface area contributed by atoms with E-state index >= 15 is 0 Å². The standard InChI is InChI=1S/C20H22N2O3/c1-14-13-22(16-6-4-3-5-7-16)20(24)18(14)12-19(23)21-15-8-10-17(25-2)11-9-15/h3-11,14,18H,12-13H2,1-2H3,(H,21,23)/t14-,18+/m0/s1. The molecule has 0 unspecified atom stereocenters. The fourth-order valence-electron chi connectivity index (χ4n) is 3.16. The minimum atomic E-state index is -0.293. The maximum Gasteiger partial charge on any atom is 0.230 e. The lowest BCUT2D eigenvalue weighted by Crippen LogP contribution is -2.29. The largest absolute Gasteiger partial charge is 0.497 e. The van der Waals surface area contributed by atoms with Gasteiger partial charge in [-0.2, -0.15) is 0 Å². The van der Waals surface area contributed by atoms with Crippen LogP contribution in [0.25, 0.3) is 0 Å². The number of nitrogens with one attached hydrogen (secondary N) is 1. The fourth-order valence-corrected chi connectivity index (χ4v) is 3.16. The zero-order valence-electron chi connectivity index (χ0n) is 14.4. The highest BCUT2D eigenvalue weighted by molar-refractivity contribution is 6.01. The number of carbonyl (C=O) groups excluding carboxylic acids is 2. The first kappa shape index (κ1) is 17.0. The van der Waals surface area contributed by atoms with Crippen LogP contribution in [0.2, 0.25) is 0 Å². The number of rotatable bonds is 5. The summed E-state index contributed by atoms with van der Waals surface area (Å²) in [5.74, 6) is 0.442. The van der Waals surface area contributed by atoms with Gasteiger partial charge in [-0.05, 0) is 42.3 Å². The summed E-state index contributed by atoms with van der Waals surface area (Å²) in [6.07, 6.45) is 0.190. The van der Waals surface area contributed by atoms with Crippen molar-refractivity contribution >= 4 is 23.2 Å². The highest BCUT2D eigenvalue weighted by Gasteiger charge is 2.39. The number of carbonyl (C=O) groups is 2. The molecule has 5 heteroatoms. The second-order valence-electron chi connectivity index (χ2n) is 6.35. The number of hydrogen-bond donors (Lipinski definition) is 1. The molecular weight excluding hydrogens is 316 g/mol. The molecule has 0 aliphatic carbocycles. The van der Waals surface area contributed by atoms with Crippen LogP contribution in [0.4, 0.5) is 11.4 Å². The Hall–Kier alpha value is -2.82. The number of para-hydroxylation sites is 1. The molecule has 1 heterocycles. The van der Waals surface area contributed by atoms with E-state index in [-0.39, 0.29) is 30.1 Å². The van der Waals surface area contributed by atoms with Gasteiger partial charge >= 0.3 is 0 Å². The van der Waals surface area contributed by atoms with Crippen molar-refractivity contribution in [3.05, 3.63) is 54.6 Å². The lowest BCUT2D eigenvalue weighted by atomic mass is 9.94. The quantitative estimate of drug-likeness (QED) is 0.910. The summed E-state index contributed by atoms with van der Waals surface area (Å²) < 4.78 is 5.10. The number of nitrogens with zero attached hydrogens (tertiary/aromatic N) is 1. The van der Waals surface area contributed by atoms with E-state index in [1.165, 1.54) is 0 Å². The van der Waals surface area contributed by atoms with Gasteiger partial charge < -0.3 is 15.0 Å². The lowest BCUT2D eigenvalue weighted by molar-refractivity contribution is -0.125. The van der Waals surface area contributed by atoms with E-state index in [2.05, 4.69) is 5.32 Å². The molecule has 1 fully saturated rings. The van der Waals surface area contributed by atoms with Gasteiger partial charge in [-0.3, -0.25) is 9.59 Å². The maximum absolute atomic E-state index is 12.7.